The first-order valence-electron chi connectivity index (χ1n) is 6.75. The third kappa shape index (κ3) is 5.15. The Labute approximate surface area is 133 Å². The molecule has 0 amide bonds. The van der Waals surface area contributed by atoms with E-state index in [1.54, 1.807) is 18.3 Å². The average molecular weight is 340 g/mol. The molecular weight excluding hydrogens is 323 g/mol. The molecule has 0 radical (unpaired) electrons. The number of hydrogen-bond donors (Lipinski definition) is 1. The first-order valence-corrected chi connectivity index (χ1v) is 8.64. The van der Waals surface area contributed by atoms with Gasteiger partial charge in [0.15, 0.2) is 9.84 Å². The molecule has 0 unspecified atom stereocenters. The van der Waals surface area contributed by atoms with E-state index >= 15 is 0 Å². The highest BCUT2D eigenvalue weighted by molar-refractivity contribution is 7.90. The van der Waals surface area contributed by atoms with Gasteiger partial charge in [-0.25, -0.2) is 17.5 Å². The number of nitrogens with zero attached hydrogens (tertiary/aromatic N) is 3. The summed E-state index contributed by atoms with van der Waals surface area (Å²) in [5, 5.41) is 7.65. The van der Waals surface area contributed by atoms with Crippen molar-refractivity contribution in [3.05, 3.63) is 48.1 Å². The third-order valence-corrected chi connectivity index (χ3v) is 4.01. The van der Waals surface area contributed by atoms with Gasteiger partial charge in [0.05, 0.1) is 17.6 Å². The second-order valence-corrected chi connectivity index (χ2v) is 6.84. The van der Waals surface area contributed by atoms with Crippen LogP contribution in [0.25, 0.3) is 0 Å². The predicted molar refractivity (Wildman–Crippen MR) is 82.2 cm³/mol. The van der Waals surface area contributed by atoms with Crippen LogP contribution in [0.5, 0.6) is 5.75 Å². The Hall–Kier alpha value is -2.26. The van der Waals surface area contributed by atoms with Crippen molar-refractivity contribution in [3.8, 4) is 5.75 Å². The van der Waals surface area contributed by atoms with E-state index in [9.17, 15) is 12.8 Å². The fourth-order valence-corrected chi connectivity index (χ4v) is 2.40. The van der Waals surface area contributed by atoms with Crippen molar-refractivity contribution in [3.63, 3.8) is 0 Å². The van der Waals surface area contributed by atoms with Crippen molar-refractivity contribution in [2.45, 2.75) is 18.0 Å². The molecule has 0 atom stereocenters. The summed E-state index contributed by atoms with van der Waals surface area (Å²) in [5.41, 5.74) is 5.74. The van der Waals surface area contributed by atoms with E-state index in [0.717, 1.165) is 6.26 Å². The average Bonchev–Trinajstić information content (AvgIpc) is 2.92. The molecule has 1 aromatic heterocycles. The molecule has 2 N–H and O–H groups in total. The standard InChI is InChI=1S/C14H17FN4O3S/c1-23(20,21)14-4-2-13(3-5-14)22-10-12-9-19(18-17-12)8-11(15)6-7-16/h2-6,9H,7-8,10,16H2,1H3/b11-6-. The van der Waals surface area contributed by atoms with E-state index in [2.05, 4.69) is 10.3 Å². The minimum atomic E-state index is -3.23. The van der Waals surface area contributed by atoms with Crippen molar-refractivity contribution in [1.82, 2.24) is 15.0 Å². The van der Waals surface area contributed by atoms with Gasteiger partial charge in [0.25, 0.3) is 0 Å². The number of ether oxygens (including phenoxy) is 1. The molecule has 0 spiro atoms. The van der Waals surface area contributed by atoms with Crippen molar-refractivity contribution in [2.24, 2.45) is 5.73 Å². The Kier molecular flexibility index (Phi) is 5.45. The highest BCUT2D eigenvalue weighted by atomic mass is 32.2. The van der Waals surface area contributed by atoms with Crippen LogP contribution < -0.4 is 10.5 Å². The Morgan fingerprint density at radius 1 is 1.39 bits per heavy atom. The Bertz CT molecular complexity index is 785. The van der Waals surface area contributed by atoms with Gasteiger partial charge in [-0.2, -0.15) is 0 Å². The number of benzene rings is 1. The molecule has 0 aliphatic carbocycles. The molecule has 0 aliphatic rings. The van der Waals surface area contributed by atoms with Crippen LogP contribution in [0.2, 0.25) is 0 Å². The second-order valence-electron chi connectivity index (χ2n) is 4.83. The molecule has 124 valence electrons. The lowest BCUT2D eigenvalue weighted by Gasteiger charge is -2.04. The van der Waals surface area contributed by atoms with E-state index < -0.39 is 9.84 Å². The molecule has 0 aliphatic heterocycles. The smallest absolute Gasteiger partial charge is 0.175 e. The number of halogens is 1. The van der Waals surface area contributed by atoms with E-state index in [4.69, 9.17) is 10.5 Å². The second kappa shape index (κ2) is 7.34. The number of rotatable bonds is 7. The van der Waals surface area contributed by atoms with Gasteiger partial charge in [-0.3, -0.25) is 0 Å². The largest absolute Gasteiger partial charge is 0.487 e. The molecule has 0 saturated heterocycles. The fraction of sp³-hybridized carbons (Fsp3) is 0.286. The van der Waals surface area contributed by atoms with Gasteiger partial charge in [-0.05, 0) is 30.3 Å². The Morgan fingerprint density at radius 2 is 2.09 bits per heavy atom. The molecule has 0 fully saturated rings. The van der Waals surface area contributed by atoms with Crippen LogP contribution in [-0.4, -0.2) is 36.2 Å². The van der Waals surface area contributed by atoms with Crippen molar-refractivity contribution >= 4 is 9.84 Å². The first-order chi connectivity index (χ1) is 10.9. The molecule has 2 aromatic rings. The van der Waals surface area contributed by atoms with Crippen molar-refractivity contribution in [1.29, 1.82) is 0 Å². The summed E-state index contributed by atoms with van der Waals surface area (Å²) in [6.07, 6.45) is 3.97. The number of nitrogens with two attached hydrogens (primary N) is 1. The zero-order valence-electron chi connectivity index (χ0n) is 12.5. The van der Waals surface area contributed by atoms with Crippen LogP contribution in [0.4, 0.5) is 4.39 Å². The predicted octanol–water partition coefficient (Wildman–Crippen LogP) is 1.07. The summed E-state index contributed by atoms with van der Waals surface area (Å²) in [7, 11) is -3.23. The minimum absolute atomic E-state index is 0.0345. The maximum absolute atomic E-state index is 13.3. The summed E-state index contributed by atoms with van der Waals surface area (Å²) in [4.78, 5) is 0.220. The highest BCUT2D eigenvalue weighted by Crippen LogP contribution is 2.16. The summed E-state index contributed by atoms with van der Waals surface area (Å²) in [5.74, 6) is 0.113. The van der Waals surface area contributed by atoms with Gasteiger partial charge < -0.3 is 10.5 Å². The number of allylic oxidation sites excluding steroid dienone is 1. The van der Waals surface area contributed by atoms with Gasteiger partial charge in [0.2, 0.25) is 0 Å². The molecule has 1 aromatic carbocycles. The fourth-order valence-electron chi connectivity index (χ4n) is 1.77. The lowest BCUT2D eigenvalue weighted by molar-refractivity contribution is 0.301. The maximum Gasteiger partial charge on any atom is 0.175 e. The zero-order valence-corrected chi connectivity index (χ0v) is 13.3. The van der Waals surface area contributed by atoms with Crippen LogP contribution in [-0.2, 0) is 23.0 Å². The summed E-state index contributed by atoms with van der Waals surface area (Å²) < 4.78 is 42.8. The lowest BCUT2D eigenvalue weighted by atomic mass is 10.3. The topological polar surface area (TPSA) is 100 Å². The Morgan fingerprint density at radius 3 is 2.70 bits per heavy atom. The van der Waals surface area contributed by atoms with Gasteiger partial charge in [0.1, 0.15) is 23.9 Å². The normalized spacial score (nSPS) is 12.4. The van der Waals surface area contributed by atoms with E-state index in [1.807, 2.05) is 0 Å². The quantitative estimate of drug-likeness (QED) is 0.809. The number of sulfone groups is 1. The van der Waals surface area contributed by atoms with Crippen LogP contribution >= 0.6 is 0 Å². The molecular formula is C14H17FN4O3S. The number of hydrogen-bond acceptors (Lipinski definition) is 6. The zero-order chi connectivity index (χ0) is 16.9. The van der Waals surface area contributed by atoms with Crippen molar-refractivity contribution in [2.75, 3.05) is 12.8 Å². The van der Waals surface area contributed by atoms with Crippen LogP contribution in [0.1, 0.15) is 5.69 Å². The summed E-state index contributed by atoms with van der Waals surface area (Å²) in [6.45, 7) is 0.230. The summed E-state index contributed by atoms with van der Waals surface area (Å²) >= 11 is 0. The van der Waals surface area contributed by atoms with E-state index in [1.165, 1.54) is 22.9 Å². The summed E-state index contributed by atoms with van der Waals surface area (Å²) in [6, 6.07) is 6.05. The number of aromatic nitrogens is 3. The van der Waals surface area contributed by atoms with Gasteiger partial charge in [-0.1, -0.05) is 5.21 Å². The minimum Gasteiger partial charge on any atom is -0.487 e. The monoisotopic (exact) mass is 340 g/mol. The molecule has 23 heavy (non-hydrogen) atoms. The highest BCUT2D eigenvalue weighted by Gasteiger charge is 2.07. The van der Waals surface area contributed by atoms with Crippen molar-refractivity contribution < 1.29 is 17.5 Å². The molecule has 7 nitrogen and oxygen atoms in total. The van der Waals surface area contributed by atoms with Crippen LogP contribution in [0.15, 0.2) is 47.3 Å². The first kappa shape index (κ1) is 17.1. The van der Waals surface area contributed by atoms with Gasteiger partial charge in [0, 0.05) is 12.8 Å². The molecule has 9 heteroatoms. The van der Waals surface area contributed by atoms with Crippen LogP contribution in [0.3, 0.4) is 0 Å². The van der Waals surface area contributed by atoms with Crippen LogP contribution in [0, 0.1) is 0 Å². The molecule has 2 rings (SSSR count). The molecule has 1 heterocycles. The third-order valence-electron chi connectivity index (χ3n) is 2.88. The lowest BCUT2D eigenvalue weighted by Crippen LogP contribution is -2.02. The molecule has 0 bridgehead atoms. The van der Waals surface area contributed by atoms with E-state index in [-0.39, 0.29) is 30.4 Å². The SMILES string of the molecule is CS(=O)(=O)c1ccc(OCc2cn(C/C(F)=C/CN)nn2)cc1. The maximum atomic E-state index is 13.3. The van der Waals surface area contributed by atoms with E-state index in [0.29, 0.717) is 11.4 Å². The van der Waals surface area contributed by atoms with Gasteiger partial charge >= 0.3 is 0 Å². The Balaban J connectivity index is 1.94. The van der Waals surface area contributed by atoms with Gasteiger partial charge in [-0.15, -0.1) is 5.10 Å². The molecule has 0 saturated carbocycles.